The van der Waals surface area contributed by atoms with Crippen molar-refractivity contribution in [2.75, 3.05) is 0 Å². The Balaban J connectivity index is 2.22. The molecule has 1 heteroatoms. The maximum atomic E-state index is 3.59. The van der Waals surface area contributed by atoms with Crippen LogP contribution in [0.2, 0.25) is 0 Å². The van der Waals surface area contributed by atoms with Crippen molar-refractivity contribution in [1.29, 1.82) is 0 Å². The number of nitrogens with one attached hydrogen (secondary N) is 1. The molecule has 0 radical (unpaired) electrons. The minimum absolute atomic E-state index is 0.653. The van der Waals surface area contributed by atoms with E-state index in [1.165, 1.54) is 32.1 Å². The van der Waals surface area contributed by atoms with Gasteiger partial charge in [0, 0.05) is 12.1 Å². The topological polar surface area (TPSA) is 12.0 Å². The molecule has 0 unspecified atom stereocenters. The van der Waals surface area contributed by atoms with Crippen LogP contribution in [0.15, 0.2) is 12.2 Å². The number of hydrogen-bond acceptors (Lipinski definition) is 1. The highest BCUT2D eigenvalue weighted by Gasteiger charge is 2.14. The summed E-state index contributed by atoms with van der Waals surface area (Å²) < 4.78 is 0. The lowest BCUT2D eigenvalue weighted by Gasteiger charge is -2.26. The number of rotatable bonds is 3. The predicted octanol–water partition coefficient (Wildman–Crippen LogP) is 2.87. The Morgan fingerprint density at radius 2 is 2.25 bits per heavy atom. The first-order valence-electron chi connectivity index (χ1n) is 5.25. The zero-order chi connectivity index (χ0) is 8.81. The van der Waals surface area contributed by atoms with Gasteiger partial charge >= 0.3 is 0 Å². The molecular formula is C11H21N. The maximum Gasteiger partial charge on any atom is 0.0252 e. The summed E-state index contributed by atoms with van der Waals surface area (Å²) in [6.07, 6.45) is 11.2. The fourth-order valence-corrected chi connectivity index (χ4v) is 1.76. The molecule has 0 aromatic carbocycles. The van der Waals surface area contributed by atoms with Crippen LogP contribution >= 0.6 is 0 Å². The molecule has 1 aliphatic rings. The van der Waals surface area contributed by atoms with Crippen molar-refractivity contribution in [3.8, 4) is 0 Å². The van der Waals surface area contributed by atoms with E-state index in [4.69, 9.17) is 0 Å². The van der Waals surface area contributed by atoms with Crippen molar-refractivity contribution < 1.29 is 0 Å². The Bertz CT molecular complexity index is 140. The number of piperidine rings is 1. The molecule has 0 spiro atoms. The predicted molar refractivity (Wildman–Crippen MR) is 54.3 cm³/mol. The molecule has 1 N–H and O–H groups in total. The normalized spacial score (nSPS) is 31.2. The van der Waals surface area contributed by atoms with Crippen LogP contribution in [0.4, 0.5) is 0 Å². The van der Waals surface area contributed by atoms with Crippen LogP contribution in [0.3, 0.4) is 0 Å². The van der Waals surface area contributed by atoms with E-state index in [1.54, 1.807) is 0 Å². The van der Waals surface area contributed by atoms with Gasteiger partial charge in [0.2, 0.25) is 0 Å². The SMILES string of the molecule is CCCC=C[C@H]1CCC[C@H](C)N1. The Hall–Kier alpha value is -0.300. The molecule has 1 aliphatic heterocycles. The van der Waals surface area contributed by atoms with Crippen molar-refractivity contribution in [3.05, 3.63) is 12.2 Å². The first-order valence-corrected chi connectivity index (χ1v) is 5.25. The summed E-state index contributed by atoms with van der Waals surface area (Å²) in [5, 5.41) is 3.59. The van der Waals surface area contributed by atoms with Gasteiger partial charge in [0.15, 0.2) is 0 Å². The molecule has 0 aromatic heterocycles. The number of hydrogen-bond donors (Lipinski definition) is 1. The third kappa shape index (κ3) is 3.40. The fourth-order valence-electron chi connectivity index (χ4n) is 1.76. The quantitative estimate of drug-likeness (QED) is 0.637. The van der Waals surface area contributed by atoms with Crippen molar-refractivity contribution in [3.63, 3.8) is 0 Å². The van der Waals surface area contributed by atoms with Crippen molar-refractivity contribution in [2.24, 2.45) is 0 Å². The molecule has 0 amide bonds. The van der Waals surface area contributed by atoms with E-state index in [1.807, 2.05) is 0 Å². The highest BCUT2D eigenvalue weighted by Crippen LogP contribution is 2.13. The Morgan fingerprint density at radius 3 is 2.92 bits per heavy atom. The van der Waals surface area contributed by atoms with Gasteiger partial charge in [0.1, 0.15) is 0 Å². The summed E-state index contributed by atoms with van der Waals surface area (Å²) >= 11 is 0. The second kappa shape index (κ2) is 5.36. The summed E-state index contributed by atoms with van der Waals surface area (Å²) in [5.74, 6) is 0. The Labute approximate surface area is 76.2 Å². The van der Waals surface area contributed by atoms with Gasteiger partial charge in [-0.1, -0.05) is 31.9 Å². The molecule has 2 atom stereocenters. The van der Waals surface area contributed by atoms with Crippen molar-refractivity contribution >= 4 is 0 Å². The second-order valence-corrected chi connectivity index (χ2v) is 3.82. The highest BCUT2D eigenvalue weighted by molar-refractivity contribution is 4.95. The summed E-state index contributed by atoms with van der Waals surface area (Å²) in [6.45, 7) is 4.50. The molecule has 1 rings (SSSR count). The van der Waals surface area contributed by atoms with Crippen LogP contribution < -0.4 is 5.32 Å². The van der Waals surface area contributed by atoms with Gasteiger partial charge in [-0.15, -0.1) is 0 Å². The molecule has 1 saturated heterocycles. The largest absolute Gasteiger partial charge is 0.308 e. The van der Waals surface area contributed by atoms with E-state index in [0.29, 0.717) is 6.04 Å². The molecule has 12 heavy (non-hydrogen) atoms. The summed E-state index contributed by atoms with van der Waals surface area (Å²) in [6, 6.07) is 1.37. The summed E-state index contributed by atoms with van der Waals surface area (Å²) in [5.41, 5.74) is 0. The van der Waals surface area contributed by atoms with Gasteiger partial charge in [-0.2, -0.15) is 0 Å². The molecule has 1 fully saturated rings. The summed E-state index contributed by atoms with van der Waals surface area (Å²) in [7, 11) is 0. The van der Waals surface area contributed by atoms with E-state index in [0.717, 1.165) is 6.04 Å². The number of unbranched alkanes of at least 4 members (excludes halogenated alkanes) is 1. The lowest BCUT2D eigenvalue weighted by Crippen LogP contribution is -2.39. The molecule has 1 heterocycles. The van der Waals surface area contributed by atoms with Crippen LogP contribution in [0.5, 0.6) is 0 Å². The van der Waals surface area contributed by atoms with Crippen LogP contribution in [0.1, 0.15) is 46.0 Å². The van der Waals surface area contributed by atoms with E-state index in [9.17, 15) is 0 Å². The van der Waals surface area contributed by atoms with Gasteiger partial charge in [-0.3, -0.25) is 0 Å². The summed E-state index contributed by atoms with van der Waals surface area (Å²) in [4.78, 5) is 0. The molecule has 1 nitrogen and oxygen atoms in total. The molecule has 0 aliphatic carbocycles. The minimum Gasteiger partial charge on any atom is -0.308 e. The molecular weight excluding hydrogens is 146 g/mol. The zero-order valence-corrected chi connectivity index (χ0v) is 8.34. The lowest BCUT2D eigenvalue weighted by atomic mass is 9.99. The Kier molecular flexibility index (Phi) is 4.37. The monoisotopic (exact) mass is 167 g/mol. The van der Waals surface area contributed by atoms with Gasteiger partial charge < -0.3 is 5.32 Å². The van der Waals surface area contributed by atoms with Gasteiger partial charge in [-0.05, 0) is 26.2 Å². The van der Waals surface area contributed by atoms with Gasteiger partial charge in [-0.25, -0.2) is 0 Å². The second-order valence-electron chi connectivity index (χ2n) is 3.82. The molecule has 70 valence electrons. The lowest BCUT2D eigenvalue weighted by molar-refractivity contribution is 0.374. The van der Waals surface area contributed by atoms with Gasteiger partial charge in [0.25, 0.3) is 0 Å². The smallest absolute Gasteiger partial charge is 0.0252 e. The van der Waals surface area contributed by atoms with Crippen molar-refractivity contribution in [2.45, 2.75) is 58.0 Å². The first-order chi connectivity index (χ1) is 5.83. The Morgan fingerprint density at radius 1 is 1.42 bits per heavy atom. The third-order valence-corrected chi connectivity index (χ3v) is 2.47. The molecule has 0 aromatic rings. The van der Waals surface area contributed by atoms with Crippen LogP contribution in [0, 0.1) is 0 Å². The van der Waals surface area contributed by atoms with Gasteiger partial charge in [0.05, 0.1) is 0 Å². The van der Waals surface area contributed by atoms with E-state index < -0.39 is 0 Å². The maximum absolute atomic E-state index is 3.59. The molecule has 0 bridgehead atoms. The average molecular weight is 167 g/mol. The first kappa shape index (κ1) is 9.79. The van der Waals surface area contributed by atoms with Crippen LogP contribution in [0.25, 0.3) is 0 Å². The molecule has 0 saturated carbocycles. The standard InChI is InChI=1S/C11H21N/c1-3-4-5-8-11-9-6-7-10(2)12-11/h5,8,10-12H,3-4,6-7,9H2,1-2H3/t10-,11-/m0/s1. The van der Waals surface area contributed by atoms with E-state index in [2.05, 4.69) is 31.3 Å². The van der Waals surface area contributed by atoms with E-state index >= 15 is 0 Å². The third-order valence-electron chi connectivity index (χ3n) is 2.47. The van der Waals surface area contributed by atoms with E-state index in [-0.39, 0.29) is 0 Å². The zero-order valence-electron chi connectivity index (χ0n) is 8.34. The average Bonchev–Trinajstić information content (AvgIpc) is 2.05. The fraction of sp³-hybridized carbons (Fsp3) is 0.818. The highest BCUT2D eigenvalue weighted by atomic mass is 14.9. The van der Waals surface area contributed by atoms with Crippen LogP contribution in [-0.2, 0) is 0 Å². The van der Waals surface area contributed by atoms with Crippen molar-refractivity contribution in [1.82, 2.24) is 5.32 Å². The number of allylic oxidation sites excluding steroid dienone is 1. The minimum atomic E-state index is 0.653. The van der Waals surface area contributed by atoms with Crippen LogP contribution in [-0.4, -0.2) is 12.1 Å².